The standard InChI is InChI=1S/C49H67ClN4O13S/c1-10-34(55)32-16-14-30(15-17-32)26-54-42(58)23-37(45(54)59)68-19-18-40(56)52(6)29(4)46(60)66-39-24-41(57)53(7)33-21-31(22-35(63-8)43(33)50)20-27(2)12-11-13-38(64-9)49(62)25-36(65-47(61)51-49)28(3)44-48(39,5)67-44/h11-13,21-22,28-30,32,36-39,44,62H,10,14-20,23-26H2,1-9H3,(H,51,61)/b13-11+,27-12+/t28-,29+,30-,32-,36+,37-,38-,39+,44+,48+,49+/m1/s1. The van der Waals surface area contributed by atoms with Crippen LogP contribution >= 0.6 is 23.4 Å². The lowest BCUT2D eigenvalue weighted by Crippen LogP contribution is -2.63. The SMILES string of the molecule is CCC(=O)[C@H]1CC[C@H](CN2C(=O)C[C@@H](SCCC(=O)N(C)[C@@H](C)C(=O)O[C@H]3CC(=O)N(C)c4cc(cc(OC)c4Cl)C/C(C)=C/C=C/[C@@H](OC)[C@@]4(O)C[C@H](OC(=O)N4)[C@@H](C)[C@@H]4O[C@@]34C)C2=O)CC1. The molecule has 5 amide bonds. The molecule has 4 bridgehead atoms. The highest BCUT2D eigenvalue weighted by molar-refractivity contribution is 8.00. The average Bonchev–Trinajstić information content (AvgIpc) is 3.94. The lowest BCUT2D eigenvalue weighted by molar-refractivity contribution is -0.162. The Labute approximate surface area is 407 Å². The van der Waals surface area contributed by atoms with Gasteiger partial charge >= 0.3 is 12.1 Å². The zero-order chi connectivity index (χ0) is 49.8. The van der Waals surface area contributed by atoms with Crippen molar-refractivity contribution in [2.75, 3.05) is 45.5 Å². The molecular weight excluding hydrogens is 920 g/mol. The number of benzene rings is 1. The van der Waals surface area contributed by atoms with E-state index in [1.807, 2.05) is 19.9 Å². The molecule has 6 rings (SSSR count). The number of anilines is 1. The van der Waals surface area contributed by atoms with Gasteiger partial charge in [-0.05, 0) is 76.5 Å². The van der Waals surface area contributed by atoms with Crippen LogP contribution in [0.2, 0.25) is 5.02 Å². The van der Waals surface area contributed by atoms with E-state index in [2.05, 4.69) is 5.32 Å². The fraction of sp³-hybridized carbons (Fsp3) is 0.653. The lowest BCUT2D eigenvalue weighted by Gasteiger charge is -2.42. The Morgan fingerprint density at radius 2 is 1.79 bits per heavy atom. The van der Waals surface area contributed by atoms with Gasteiger partial charge in [0, 0.05) is 71.0 Å². The van der Waals surface area contributed by atoms with Crippen LogP contribution < -0.4 is 15.0 Å². The zero-order valence-electron chi connectivity index (χ0n) is 40.5. The summed E-state index contributed by atoms with van der Waals surface area (Å²) >= 11 is 8.04. The number of aliphatic hydroxyl groups is 1. The Hall–Kier alpha value is -4.49. The Morgan fingerprint density at radius 1 is 1.09 bits per heavy atom. The summed E-state index contributed by atoms with van der Waals surface area (Å²) in [4.78, 5) is 97.3. The van der Waals surface area contributed by atoms with E-state index in [0.717, 1.165) is 36.8 Å². The number of hydrogen-bond acceptors (Lipinski definition) is 14. The van der Waals surface area contributed by atoms with Crippen molar-refractivity contribution in [2.45, 2.75) is 146 Å². The number of carbonyl (C=O) groups excluding carboxylic acids is 7. The summed E-state index contributed by atoms with van der Waals surface area (Å²) in [5.74, 6) is -1.73. The van der Waals surface area contributed by atoms with Crippen molar-refractivity contribution in [2.24, 2.45) is 17.8 Å². The van der Waals surface area contributed by atoms with Gasteiger partial charge in [-0.15, -0.1) is 11.8 Å². The van der Waals surface area contributed by atoms with Gasteiger partial charge in [-0.1, -0.05) is 49.2 Å². The molecule has 0 radical (unpaired) electrons. The number of allylic oxidation sites excluding steroid dienone is 3. The topological polar surface area (TPSA) is 211 Å². The second-order valence-electron chi connectivity index (χ2n) is 19.1. The van der Waals surface area contributed by atoms with Crippen molar-refractivity contribution >= 4 is 70.5 Å². The van der Waals surface area contributed by atoms with Gasteiger partial charge in [-0.3, -0.25) is 34.2 Å². The fourth-order valence-electron chi connectivity index (χ4n) is 9.87. The first-order chi connectivity index (χ1) is 32.1. The van der Waals surface area contributed by atoms with E-state index in [1.54, 1.807) is 45.2 Å². The van der Waals surface area contributed by atoms with Crippen LogP contribution in [0.3, 0.4) is 0 Å². The van der Waals surface area contributed by atoms with Crippen LogP contribution in [-0.2, 0) is 54.1 Å². The van der Waals surface area contributed by atoms with E-state index >= 15 is 0 Å². The second kappa shape index (κ2) is 22.1. The Morgan fingerprint density at radius 3 is 2.46 bits per heavy atom. The number of halogens is 1. The summed E-state index contributed by atoms with van der Waals surface area (Å²) in [5.41, 5.74) is -1.13. The van der Waals surface area contributed by atoms with Crippen molar-refractivity contribution < 1.29 is 62.4 Å². The molecule has 17 nitrogen and oxygen atoms in total. The quantitative estimate of drug-likeness (QED) is 0.141. The summed E-state index contributed by atoms with van der Waals surface area (Å²) in [6, 6.07) is 2.43. The number of likely N-dealkylation sites (N-methyl/N-ethyl adjacent to an activating group) is 1. The highest BCUT2D eigenvalue weighted by Gasteiger charge is 2.64. The number of rotatable bonds is 13. The van der Waals surface area contributed by atoms with Gasteiger partial charge < -0.3 is 38.6 Å². The smallest absolute Gasteiger partial charge is 0.409 e. The van der Waals surface area contributed by atoms with Crippen molar-refractivity contribution in [1.29, 1.82) is 0 Å². The molecule has 19 heteroatoms. The van der Waals surface area contributed by atoms with Crippen LogP contribution in [0.25, 0.3) is 0 Å². The Balaban J connectivity index is 1.15. The summed E-state index contributed by atoms with van der Waals surface area (Å²) in [5, 5.41) is 13.9. The maximum atomic E-state index is 14.3. The number of fused-ring (bicyclic) bond motifs is 5. The van der Waals surface area contributed by atoms with Gasteiger partial charge in [0.15, 0.2) is 5.72 Å². The van der Waals surface area contributed by atoms with Crippen molar-refractivity contribution in [1.82, 2.24) is 15.1 Å². The number of epoxide rings is 1. The van der Waals surface area contributed by atoms with E-state index in [9.17, 15) is 38.7 Å². The number of likely N-dealkylation sites (tertiary alicyclic amines) is 1. The number of methoxy groups -OCH3 is 2. The number of nitrogens with one attached hydrogen (secondary N) is 1. The van der Waals surface area contributed by atoms with Gasteiger partial charge in [-0.25, -0.2) is 9.59 Å². The van der Waals surface area contributed by atoms with Crippen LogP contribution in [0, 0.1) is 17.8 Å². The van der Waals surface area contributed by atoms with Crippen molar-refractivity contribution in [3.63, 3.8) is 0 Å². The number of esters is 1. The summed E-state index contributed by atoms with van der Waals surface area (Å²) in [6.45, 7) is 9.09. The third kappa shape index (κ3) is 11.7. The number of nitrogens with zero attached hydrogens (tertiary/aromatic N) is 3. The Kier molecular flexibility index (Phi) is 17.2. The van der Waals surface area contributed by atoms with Gasteiger partial charge in [0.05, 0.1) is 30.6 Å². The predicted molar refractivity (Wildman–Crippen MR) is 254 cm³/mol. The third-order valence-electron chi connectivity index (χ3n) is 14.5. The molecule has 5 aliphatic rings. The van der Waals surface area contributed by atoms with Crippen molar-refractivity contribution in [3.8, 4) is 5.75 Å². The highest BCUT2D eigenvalue weighted by Crippen LogP contribution is 2.49. The molecule has 4 fully saturated rings. The van der Waals surface area contributed by atoms with Crippen LogP contribution in [0.5, 0.6) is 5.75 Å². The third-order valence-corrected chi connectivity index (χ3v) is 16.0. The monoisotopic (exact) mass is 986 g/mol. The number of hydrogen-bond donors (Lipinski definition) is 2. The number of ether oxygens (including phenoxy) is 5. The molecule has 4 aliphatic heterocycles. The van der Waals surface area contributed by atoms with E-state index in [0.29, 0.717) is 30.8 Å². The number of Topliss-reactive ketones (excluding diaryl/α,β-unsaturated/α-hetero) is 1. The first-order valence-electron chi connectivity index (χ1n) is 23.5. The second-order valence-corrected chi connectivity index (χ2v) is 20.8. The molecule has 374 valence electrons. The molecule has 1 saturated carbocycles. The number of thioether (sulfide) groups is 1. The largest absolute Gasteiger partial charge is 0.495 e. The van der Waals surface area contributed by atoms with Crippen LogP contribution in [0.4, 0.5) is 10.5 Å². The van der Waals surface area contributed by atoms with Crippen LogP contribution in [0.15, 0.2) is 35.9 Å². The van der Waals surface area contributed by atoms with Gasteiger partial charge in [-0.2, -0.15) is 0 Å². The fourth-order valence-corrected chi connectivity index (χ4v) is 11.3. The van der Waals surface area contributed by atoms with E-state index in [1.165, 1.54) is 54.7 Å². The van der Waals surface area contributed by atoms with Crippen LogP contribution in [-0.4, -0.2) is 144 Å². The van der Waals surface area contributed by atoms with Crippen LogP contribution in [0.1, 0.15) is 98.0 Å². The molecule has 9 atom stereocenters. The minimum Gasteiger partial charge on any atom is -0.495 e. The summed E-state index contributed by atoms with van der Waals surface area (Å²) in [6.07, 6.45) is 4.15. The highest BCUT2D eigenvalue weighted by atomic mass is 35.5. The molecule has 68 heavy (non-hydrogen) atoms. The first-order valence-corrected chi connectivity index (χ1v) is 24.9. The van der Waals surface area contributed by atoms with E-state index in [4.69, 9.17) is 35.3 Å². The average molecular weight is 988 g/mol. The Bertz CT molecular complexity index is 2180. The summed E-state index contributed by atoms with van der Waals surface area (Å²) in [7, 11) is 5.91. The molecule has 0 aromatic heterocycles. The molecule has 0 unspecified atom stereocenters. The minimum atomic E-state index is -1.87. The number of carbonyl (C=O) groups is 7. The van der Waals surface area contributed by atoms with E-state index < -0.39 is 76.8 Å². The molecule has 0 spiro atoms. The summed E-state index contributed by atoms with van der Waals surface area (Å²) < 4.78 is 29.4. The van der Waals surface area contributed by atoms with Gasteiger partial charge in [0.2, 0.25) is 23.6 Å². The molecule has 3 saturated heterocycles. The first kappa shape index (κ1) is 52.9. The van der Waals surface area contributed by atoms with E-state index in [-0.39, 0.29) is 65.9 Å². The molecule has 1 aliphatic carbocycles. The maximum absolute atomic E-state index is 14.3. The lowest BCUT2D eigenvalue weighted by atomic mass is 9.79. The minimum absolute atomic E-state index is 0.0288. The molecule has 1 aromatic rings. The number of ketones is 1. The number of amides is 5. The van der Waals surface area contributed by atoms with Gasteiger partial charge in [0.1, 0.15) is 46.5 Å². The zero-order valence-corrected chi connectivity index (χ0v) is 42.1. The molecular formula is C49H67ClN4O13S. The molecule has 4 heterocycles. The number of imide groups is 1. The molecule has 2 N–H and O–H groups in total. The van der Waals surface area contributed by atoms with Crippen molar-refractivity contribution in [3.05, 3.63) is 46.5 Å². The maximum Gasteiger partial charge on any atom is 0.409 e. The molecule has 1 aromatic carbocycles. The number of alkyl carbamates (subject to hydrolysis) is 1. The predicted octanol–water partition coefficient (Wildman–Crippen LogP) is 5.55. The van der Waals surface area contributed by atoms with Gasteiger partial charge in [0.25, 0.3) is 0 Å². The normalized spacial score (nSPS) is 32.8.